The molecule has 1 amide bonds. The fraction of sp³-hybridized carbons (Fsp3) is 0.300. The Morgan fingerprint density at radius 2 is 1.96 bits per heavy atom. The van der Waals surface area contributed by atoms with Gasteiger partial charge in [0, 0.05) is 11.6 Å². The molecule has 130 valence electrons. The molecule has 1 unspecified atom stereocenters. The van der Waals surface area contributed by atoms with Crippen LogP contribution in [-0.2, 0) is 9.59 Å². The van der Waals surface area contributed by atoms with Crippen LogP contribution in [0.2, 0.25) is 0 Å². The monoisotopic (exact) mass is 339 g/mol. The quantitative estimate of drug-likeness (QED) is 0.913. The van der Waals surface area contributed by atoms with Gasteiger partial charge in [-0.2, -0.15) is 0 Å². The van der Waals surface area contributed by atoms with Crippen molar-refractivity contribution in [3.63, 3.8) is 0 Å². The molecule has 0 fully saturated rings. The molecule has 5 heteroatoms. The molecule has 0 radical (unpaired) electrons. The number of anilines is 1. The summed E-state index contributed by atoms with van der Waals surface area (Å²) in [6.07, 6.45) is 1.49. The van der Waals surface area contributed by atoms with Crippen molar-refractivity contribution in [1.29, 1.82) is 0 Å². The molecule has 1 atom stereocenters. The Balaban J connectivity index is 2.21. The Kier molecular flexibility index (Phi) is 4.25. The number of carbonyl (C=O) groups excluding carboxylic acids is 2. The van der Waals surface area contributed by atoms with Gasteiger partial charge in [-0.05, 0) is 43.2 Å². The molecule has 1 aromatic carbocycles. The number of benzene rings is 1. The topological polar surface area (TPSA) is 70.8 Å². The summed E-state index contributed by atoms with van der Waals surface area (Å²) in [4.78, 5) is 27.0. The van der Waals surface area contributed by atoms with Gasteiger partial charge in [0.1, 0.15) is 11.8 Å². The molecule has 0 aliphatic carbocycles. The molecule has 2 heterocycles. The SMILES string of the molecule is Cc1ccc(C)c(N2C(=O)C(O)=C(C(=O)C(C)C)C2c2ccco2)c1. The molecule has 0 bridgehead atoms. The Labute approximate surface area is 146 Å². The van der Waals surface area contributed by atoms with Crippen LogP contribution in [0.5, 0.6) is 0 Å². The van der Waals surface area contributed by atoms with Crippen molar-refractivity contribution in [2.75, 3.05) is 4.90 Å². The number of hydrogen-bond acceptors (Lipinski definition) is 4. The molecule has 3 rings (SSSR count). The third-order valence-electron chi connectivity index (χ3n) is 4.43. The number of aliphatic hydroxyl groups excluding tert-OH is 1. The number of nitrogens with zero attached hydrogens (tertiary/aromatic N) is 1. The van der Waals surface area contributed by atoms with Gasteiger partial charge in [-0.3, -0.25) is 14.5 Å². The minimum atomic E-state index is -0.766. The third kappa shape index (κ3) is 2.76. The van der Waals surface area contributed by atoms with Crippen LogP contribution in [0.4, 0.5) is 5.69 Å². The second-order valence-electron chi connectivity index (χ2n) is 6.66. The van der Waals surface area contributed by atoms with Crippen LogP contribution in [0.1, 0.15) is 36.8 Å². The van der Waals surface area contributed by atoms with Crippen molar-refractivity contribution in [3.05, 3.63) is 64.8 Å². The average Bonchev–Trinajstić information content (AvgIpc) is 3.17. The molecule has 2 aromatic rings. The van der Waals surface area contributed by atoms with Crippen LogP contribution in [0.3, 0.4) is 0 Å². The van der Waals surface area contributed by atoms with Crippen LogP contribution < -0.4 is 4.90 Å². The van der Waals surface area contributed by atoms with Gasteiger partial charge in [0.25, 0.3) is 5.91 Å². The van der Waals surface area contributed by atoms with Gasteiger partial charge in [0.15, 0.2) is 11.5 Å². The van der Waals surface area contributed by atoms with Gasteiger partial charge in [0.05, 0.1) is 11.8 Å². The van der Waals surface area contributed by atoms with E-state index >= 15 is 0 Å². The number of furan rings is 1. The van der Waals surface area contributed by atoms with E-state index in [4.69, 9.17) is 4.42 Å². The number of amides is 1. The number of carbonyl (C=O) groups is 2. The number of hydrogen-bond donors (Lipinski definition) is 1. The lowest BCUT2D eigenvalue weighted by Gasteiger charge is -2.27. The highest BCUT2D eigenvalue weighted by Crippen LogP contribution is 2.43. The molecule has 1 N–H and O–H groups in total. The molecule has 1 aromatic heterocycles. The molecular weight excluding hydrogens is 318 g/mol. The van der Waals surface area contributed by atoms with E-state index in [0.717, 1.165) is 11.1 Å². The summed E-state index contributed by atoms with van der Waals surface area (Å²) in [6, 6.07) is 8.39. The Hall–Kier alpha value is -2.82. The first-order chi connectivity index (χ1) is 11.8. The molecule has 1 aliphatic rings. The van der Waals surface area contributed by atoms with E-state index in [1.54, 1.807) is 26.0 Å². The number of ketones is 1. The Bertz CT molecular complexity index is 862. The maximum absolute atomic E-state index is 12.8. The molecule has 5 nitrogen and oxygen atoms in total. The predicted molar refractivity (Wildman–Crippen MR) is 94.4 cm³/mol. The van der Waals surface area contributed by atoms with Gasteiger partial charge >= 0.3 is 0 Å². The van der Waals surface area contributed by atoms with E-state index in [2.05, 4.69) is 0 Å². The zero-order chi connectivity index (χ0) is 18.3. The van der Waals surface area contributed by atoms with Crippen LogP contribution in [-0.4, -0.2) is 16.8 Å². The van der Waals surface area contributed by atoms with Gasteiger partial charge in [0.2, 0.25) is 0 Å². The predicted octanol–water partition coefficient (Wildman–Crippen LogP) is 4.02. The van der Waals surface area contributed by atoms with Crippen LogP contribution in [0.15, 0.2) is 52.3 Å². The van der Waals surface area contributed by atoms with Gasteiger partial charge in [-0.15, -0.1) is 0 Å². The second-order valence-corrected chi connectivity index (χ2v) is 6.66. The first kappa shape index (κ1) is 17.0. The molecular formula is C20H21NO4. The Morgan fingerprint density at radius 3 is 2.56 bits per heavy atom. The van der Waals surface area contributed by atoms with E-state index in [-0.39, 0.29) is 17.3 Å². The summed E-state index contributed by atoms with van der Waals surface area (Å²) in [5.74, 6) is -1.25. The number of aryl methyl sites for hydroxylation is 2. The van der Waals surface area contributed by atoms with Crippen molar-refractivity contribution in [2.24, 2.45) is 5.92 Å². The smallest absolute Gasteiger partial charge is 0.294 e. The summed E-state index contributed by atoms with van der Waals surface area (Å²) in [5.41, 5.74) is 2.61. The maximum atomic E-state index is 12.8. The molecule has 1 aliphatic heterocycles. The van der Waals surface area contributed by atoms with Crippen LogP contribution in [0, 0.1) is 19.8 Å². The molecule has 0 saturated heterocycles. The normalized spacial score (nSPS) is 17.7. The molecule has 0 spiro atoms. The second kappa shape index (κ2) is 6.24. The fourth-order valence-electron chi connectivity index (χ4n) is 3.11. The summed E-state index contributed by atoms with van der Waals surface area (Å²) in [7, 11) is 0. The van der Waals surface area contributed by atoms with E-state index in [0.29, 0.717) is 11.4 Å². The highest BCUT2D eigenvalue weighted by atomic mass is 16.3. The number of Topliss-reactive ketones (excluding diaryl/α,β-unsaturated/α-hetero) is 1. The zero-order valence-corrected chi connectivity index (χ0v) is 14.7. The largest absolute Gasteiger partial charge is 0.503 e. The van der Waals surface area contributed by atoms with Gasteiger partial charge < -0.3 is 9.52 Å². The van der Waals surface area contributed by atoms with Crippen molar-refractivity contribution >= 4 is 17.4 Å². The number of rotatable bonds is 4. The Morgan fingerprint density at radius 1 is 1.24 bits per heavy atom. The third-order valence-corrected chi connectivity index (χ3v) is 4.43. The van der Waals surface area contributed by atoms with E-state index < -0.39 is 17.7 Å². The molecule has 25 heavy (non-hydrogen) atoms. The highest BCUT2D eigenvalue weighted by molar-refractivity contribution is 6.17. The fourth-order valence-corrected chi connectivity index (χ4v) is 3.11. The molecule has 0 saturated carbocycles. The lowest BCUT2D eigenvalue weighted by molar-refractivity contribution is -0.119. The summed E-state index contributed by atoms with van der Waals surface area (Å²) >= 11 is 0. The minimum Gasteiger partial charge on any atom is -0.503 e. The first-order valence-electron chi connectivity index (χ1n) is 8.24. The standard InChI is InChI=1S/C20H21NO4/c1-11(2)18(22)16-17(15-6-5-9-25-15)21(20(24)19(16)23)14-10-12(3)7-8-13(14)4/h5-11,17,23H,1-4H3. The lowest BCUT2D eigenvalue weighted by atomic mass is 9.94. The van der Waals surface area contributed by atoms with Gasteiger partial charge in [-0.1, -0.05) is 26.0 Å². The van der Waals surface area contributed by atoms with Crippen molar-refractivity contribution in [1.82, 2.24) is 0 Å². The summed E-state index contributed by atoms with van der Waals surface area (Å²) in [6.45, 7) is 7.30. The number of aliphatic hydroxyl groups is 1. The van der Waals surface area contributed by atoms with E-state index in [9.17, 15) is 14.7 Å². The van der Waals surface area contributed by atoms with Gasteiger partial charge in [-0.25, -0.2) is 0 Å². The zero-order valence-electron chi connectivity index (χ0n) is 14.7. The maximum Gasteiger partial charge on any atom is 0.294 e. The summed E-state index contributed by atoms with van der Waals surface area (Å²) in [5, 5.41) is 10.5. The van der Waals surface area contributed by atoms with Crippen LogP contribution >= 0.6 is 0 Å². The minimum absolute atomic E-state index is 0.0934. The van der Waals surface area contributed by atoms with E-state index in [1.807, 2.05) is 32.0 Å². The lowest BCUT2D eigenvalue weighted by Crippen LogP contribution is -2.31. The summed E-state index contributed by atoms with van der Waals surface area (Å²) < 4.78 is 5.50. The first-order valence-corrected chi connectivity index (χ1v) is 8.24. The average molecular weight is 339 g/mol. The van der Waals surface area contributed by atoms with Crippen molar-refractivity contribution < 1.29 is 19.1 Å². The van der Waals surface area contributed by atoms with Crippen molar-refractivity contribution in [3.8, 4) is 0 Å². The van der Waals surface area contributed by atoms with Crippen molar-refractivity contribution in [2.45, 2.75) is 33.7 Å². The van der Waals surface area contributed by atoms with E-state index in [1.165, 1.54) is 11.2 Å². The van der Waals surface area contributed by atoms with Crippen LogP contribution in [0.25, 0.3) is 0 Å². The highest BCUT2D eigenvalue weighted by Gasteiger charge is 2.46.